The number of hydrogen-bond acceptors (Lipinski definition) is 4. The molecule has 0 fully saturated rings. The van der Waals surface area contributed by atoms with E-state index < -0.39 is 0 Å². The molecule has 0 atom stereocenters. The average molecular weight is 222 g/mol. The summed E-state index contributed by atoms with van der Waals surface area (Å²) < 4.78 is 0. The van der Waals surface area contributed by atoms with Crippen LogP contribution < -0.4 is 4.90 Å². The fraction of sp³-hybridized carbons (Fsp3) is 0.500. The Labute approximate surface area is 95.9 Å². The number of rotatable bonds is 6. The minimum Gasteiger partial charge on any atom is -0.395 e. The SMILES string of the molecule is CCCN(CCO)c1ncccc1C(C)=O. The van der Waals surface area contributed by atoms with Gasteiger partial charge in [-0.05, 0) is 25.5 Å². The van der Waals surface area contributed by atoms with E-state index in [0.29, 0.717) is 17.9 Å². The average Bonchev–Trinajstić information content (AvgIpc) is 2.29. The van der Waals surface area contributed by atoms with Gasteiger partial charge >= 0.3 is 0 Å². The summed E-state index contributed by atoms with van der Waals surface area (Å²) in [6.45, 7) is 4.95. The van der Waals surface area contributed by atoms with Crippen LogP contribution in [0.15, 0.2) is 18.3 Å². The number of nitrogens with zero attached hydrogens (tertiary/aromatic N) is 2. The Bertz CT molecular complexity index is 347. The number of carbonyl (C=O) groups excluding carboxylic acids is 1. The topological polar surface area (TPSA) is 53.4 Å². The lowest BCUT2D eigenvalue weighted by Gasteiger charge is -2.23. The molecule has 0 aliphatic heterocycles. The summed E-state index contributed by atoms with van der Waals surface area (Å²) in [4.78, 5) is 17.6. The molecule has 1 heterocycles. The van der Waals surface area contributed by atoms with E-state index in [0.717, 1.165) is 13.0 Å². The normalized spacial score (nSPS) is 10.2. The van der Waals surface area contributed by atoms with Crippen LogP contribution in [0.4, 0.5) is 5.82 Å². The van der Waals surface area contributed by atoms with E-state index in [2.05, 4.69) is 11.9 Å². The van der Waals surface area contributed by atoms with Crippen LogP contribution in [0, 0.1) is 0 Å². The van der Waals surface area contributed by atoms with Crippen molar-refractivity contribution in [2.75, 3.05) is 24.6 Å². The summed E-state index contributed by atoms with van der Waals surface area (Å²) in [6.07, 6.45) is 2.62. The third kappa shape index (κ3) is 3.03. The summed E-state index contributed by atoms with van der Waals surface area (Å²) >= 11 is 0. The third-order valence-electron chi connectivity index (χ3n) is 2.33. The first-order chi connectivity index (χ1) is 7.70. The molecule has 88 valence electrons. The van der Waals surface area contributed by atoms with Gasteiger partial charge in [-0.3, -0.25) is 4.79 Å². The Kier molecular flexibility index (Phi) is 4.92. The van der Waals surface area contributed by atoms with Crippen LogP contribution in [0.1, 0.15) is 30.6 Å². The van der Waals surface area contributed by atoms with Gasteiger partial charge in [0.25, 0.3) is 0 Å². The molecular formula is C12H18N2O2. The zero-order valence-electron chi connectivity index (χ0n) is 9.81. The molecule has 4 heteroatoms. The lowest BCUT2D eigenvalue weighted by Crippen LogP contribution is -2.29. The van der Waals surface area contributed by atoms with Gasteiger partial charge in [-0.15, -0.1) is 0 Å². The molecule has 1 aromatic heterocycles. The predicted molar refractivity (Wildman–Crippen MR) is 63.8 cm³/mol. The quantitative estimate of drug-likeness (QED) is 0.741. The Balaban J connectivity index is 3.02. The van der Waals surface area contributed by atoms with Crippen molar-refractivity contribution in [1.29, 1.82) is 0 Å². The lowest BCUT2D eigenvalue weighted by atomic mass is 10.1. The molecule has 0 aliphatic carbocycles. The molecule has 16 heavy (non-hydrogen) atoms. The van der Waals surface area contributed by atoms with Gasteiger partial charge in [0.1, 0.15) is 5.82 Å². The van der Waals surface area contributed by atoms with Crippen LogP contribution >= 0.6 is 0 Å². The van der Waals surface area contributed by atoms with E-state index >= 15 is 0 Å². The van der Waals surface area contributed by atoms with E-state index in [1.807, 2.05) is 4.90 Å². The van der Waals surface area contributed by atoms with Gasteiger partial charge in [-0.2, -0.15) is 0 Å². The molecule has 1 aromatic rings. The molecule has 0 bridgehead atoms. The van der Waals surface area contributed by atoms with Crippen molar-refractivity contribution < 1.29 is 9.90 Å². The second kappa shape index (κ2) is 6.23. The molecule has 0 aromatic carbocycles. The summed E-state index contributed by atoms with van der Waals surface area (Å²) in [5.41, 5.74) is 0.615. The molecule has 0 unspecified atom stereocenters. The number of Topliss-reactive ketones (excluding diaryl/α,β-unsaturated/α-hetero) is 1. The fourth-order valence-electron chi connectivity index (χ4n) is 1.64. The van der Waals surface area contributed by atoms with Crippen molar-refractivity contribution in [3.8, 4) is 0 Å². The zero-order chi connectivity index (χ0) is 12.0. The molecule has 1 rings (SSSR count). The monoisotopic (exact) mass is 222 g/mol. The summed E-state index contributed by atoms with van der Waals surface area (Å²) in [5.74, 6) is 0.674. The Hall–Kier alpha value is -1.42. The van der Waals surface area contributed by atoms with Gasteiger partial charge in [0, 0.05) is 19.3 Å². The Morgan fingerprint density at radius 3 is 2.81 bits per heavy atom. The molecule has 0 amide bonds. The summed E-state index contributed by atoms with van der Waals surface area (Å²) in [5, 5.41) is 9.00. The van der Waals surface area contributed by atoms with Crippen molar-refractivity contribution >= 4 is 11.6 Å². The largest absolute Gasteiger partial charge is 0.395 e. The molecule has 0 aliphatic rings. The fourth-order valence-corrected chi connectivity index (χ4v) is 1.64. The minimum atomic E-state index is 0.00198. The molecular weight excluding hydrogens is 204 g/mol. The lowest BCUT2D eigenvalue weighted by molar-refractivity contribution is 0.101. The Morgan fingerprint density at radius 1 is 1.50 bits per heavy atom. The van der Waals surface area contributed by atoms with Crippen molar-refractivity contribution in [2.24, 2.45) is 0 Å². The molecule has 1 N–H and O–H groups in total. The highest BCUT2D eigenvalue weighted by Gasteiger charge is 2.13. The maximum absolute atomic E-state index is 11.4. The van der Waals surface area contributed by atoms with Crippen LogP contribution in [0.3, 0.4) is 0 Å². The first-order valence-electron chi connectivity index (χ1n) is 5.52. The highest BCUT2D eigenvalue weighted by molar-refractivity contribution is 5.98. The van der Waals surface area contributed by atoms with Crippen LogP contribution in [-0.2, 0) is 0 Å². The number of hydrogen-bond donors (Lipinski definition) is 1. The van der Waals surface area contributed by atoms with Gasteiger partial charge in [0.05, 0.1) is 12.2 Å². The third-order valence-corrected chi connectivity index (χ3v) is 2.33. The number of aliphatic hydroxyl groups excluding tert-OH is 1. The van der Waals surface area contributed by atoms with Crippen LogP contribution in [0.25, 0.3) is 0 Å². The highest BCUT2D eigenvalue weighted by Crippen LogP contribution is 2.17. The minimum absolute atomic E-state index is 0.00198. The first-order valence-corrected chi connectivity index (χ1v) is 5.52. The molecule has 0 saturated heterocycles. The maximum Gasteiger partial charge on any atom is 0.163 e. The zero-order valence-corrected chi connectivity index (χ0v) is 9.81. The van der Waals surface area contributed by atoms with Gasteiger partial charge in [0.2, 0.25) is 0 Å². The first kappa shape index (κ1) is 12.6. The second-order valence-electron chi connectivity index (χ2n) is 3.64. The van der Waals surface area contributed by atoms with Crippen molar-refractivity contribution in [1.82, 2.24) is 4.98 Å². The van der Waals surface area contributed by atoms with Crippen LogP contribution in [-0.4, -0.2) is 35.6 Å². The molecule has 4 nitrogen and oxygen atoms in total. The number of carbonyl (C=O) groups is 1. The van der Waals surface area contributed by atoms with E-state index in [9.17, 15) is 4.79 Å². The number of anilines is 1. The van der Waals surface area contributed by atoms with Crippen LogP contribution in [0.5, 0.6) is 0 Å². The second-order valence-corrected chi connectivity index (χ2v) is 3.64. The van der Waals surface area contributed by atoms with Crippen LogP contribution in [0.2, 0.25) is 0 Å². The number of aliphatic hydroxyl groups is 1. The molecule has 0 saturated carbocycles. The molecule has 0 radical (unpaired) electrons. The summed E-state index contributed by atoms with van der Waals surface area (Å²) in [6, 6.07) is 3.52. The van der Waals surface area contributed by atoms with Gasteiger partial charge < -0.3 is 10.0 Å². The Morgan fingerprint density at radius 2 is 2.25 bits per heavy atom. The van der Waals surface area contributed by atoms with Gasteiger partial charge in [-0.1, -0.05) is 6.92 Å². The van der Waals surface area contributed by atoms with Crippen molar-refractivity contribution in [3.05, 3.63) is 23.9 Å². The van der Waals surface area contributed by atoms with E-state index in [1.54, 1.807) is 18.3 Å². The summed E-state index contributed by atoms with van der Waals surface area (Å²) in [7, 11) is 0. The van der Waals surface area contributed by atoms with E-state index in [-0.39, 0.29) is 12.4 Å². The van der Waals surface area contributed by atoms with Gasteiger partial charge in [0.15, 0.2) is 5.78 Å². The number of ketones is 1. The number of aromatic nitrogens is 1. The van der Waals surface area contributed by atoms with Gasteiger partial charge in [-0.25, -0.2) is 4.98 Å². The molecule has 0 spiro atoms. The number of pyridine rings is 1. The van der Waals surface area contributed by atoms with Crippen molar-refractivity contribution in [3.63, 3.8) is 0 Å². The van der Waals surface area contributed by atoms with Crippen molar-refractivity contribution in [2.45, 2.75) is 20.3 Å². The van der Waals surface area contributed by atoms with E-state index in [1.165, 1.54) is 6.92 Å². The maximum atomic E-state index is 11.4. The van der Waals surface area contributed by atoms with E-state index in [4.69, 9.17) is 5.11 Å². The highest BCUT2D eigenvalue weighted by atomic mass is 16.3. The standard InChI is InChI=1S/C12H18N2O2/c1-3-7-14(8-9-15)12-11(10(2)16)5-4-6-13-12/h4-6,15H,3,7-9H2,1-2H3. The smallest absolute Gasteiger partial charge is 0.163 e. The predicted octanol–water partition coefficient (Wildman–Crippen LogP) is 1.49.